The van der Waals surface area contributed by atoms with Crippen LogP contribution in [0.3, 0.4) is 0 Å². The van der Waals surface area contributed by atoms with Crippen molar-refractivity contribution >= 4 is 39.0 Å². The molecule has 0 atom stereocenters. The van der Waals surface area contributed by atoms with E-state index in [1.54, 1.807) is 0 Å². The molecule has 2 nitrogen and oxygen atoms in total. The first-order valence-corrected chi connectivity index (χ1v) is 15.4. The Bertz CT molecular complexity index is 2230. The molecule has 1 heterocycles. The first kappa shape index (κ1) is 25.6. The Morgan fingerprint density at radius 3 is 1.51 bits per heavy atom. The number of fused-ring (bicyclic) bond motifs is 6. The fourth-order valence-electron chi connectivity index (χ4n) is 7.50. The van der Waals surface area contributed by atoms with Gasteiger partial charge in [-0.15, -0.1) is 0 Å². The van der Waals surface area contributed by atoms with E-state index < -0.39 is 5.41 Å². The second-order valence-electron chi connectivity index (χ2n) is 11.7. The lowest BCUT2D eigenvalue weighted by Gasteiger charge is -2.34. The number of para-hydroxylation sites is 4. The van der Waals surface area contributed by atoms with E-state index in [1.165, 1.54) is 27.8 Å². The molecule has 0 spiro atoms. The Labute approximate surface area is 262 Å². The van der Waals surface area contributed by atoms with Crippen LogP contribution in [0, 0.1) is 0 Å². The zero-order valence-electron chi connectivity index (χ0n) is 24.6. The monoisotopic (exact) mass is 575 g/mol. The Hall–Kier alpha value is -5.86. The molecule has 0 radical (unpaired) electrons. The van der Waals surface area contributed by atoms with Crippen LogP contribution in [0.5, 0.6) is 0 Å². The third kappa shape index (κ3) is 3.76. The summed E-state index contributed by atoms with van der Waals surface area (Å²) in [5, 5.41) is 2.28. The minimum Gasteiger partial charge on any atom is -0.456 e. The van der Waals surface area contributed by atoms with Crippen LogP contribution in [0.15, 0.2) is 180 Å². The molecule has 1 aliphatic carbocycles. The first-order chi connectivity index (χ1) is 22.3. The van der Waals surface area contributed by atoms with Gasteiger partial charge in [-0.05, 0) is 70.3 Å². The third-order valence-electron chi connectivity index (χ3n) is 9.35. The standard InChI is InChI=1S/C43H29NO/c1-3-14-31(15-4-1)44(32-16-5-2-6-17-32)33-28-26-30(27-29-33)43(38-22-10-7-18-34(38)35-19-8-11-23-39(35)43)40-24-13-21-37-36-20-9-12-25-41(36)45-42(37)40/h1-29H. The van der Waals surface area contributed by atoms with Crippen LogP contribution in [0.4, 0.5) is 17.1 Å². The van der Waals surface area contributed by atoms with E-state index in [4.69, 9.17) is 4.42 Å². The van der Waals surface area contributed by atoms with Gasteiger partial charge in [0.2, 0.25) is 0 Å². The first-order valence-electron chi connectivity index (χ1n) is 15.4. The summed E-state index contributed by atoms with van der Waals surface area (Å²) in [4.78, 5) is 2.31. The molecule has 45 heavy (non-hydrogen) atoms. The largest absolute Gasteiger partial charge is 0.456 e. The van der Waals surface area contributed by atoms with Gasteiger partial charge in [0.15, 0.2) is 0 Å². The van der Waals surface area contributed by atoms with Gasteiger partial charge in [-0.3, -0.25) is 0 Å². The Balaban J connectivity index is 1.33. The highest BCUT2D eigenvalue weighted by Gasteiger charge is 2.47. The fraction of sp³-hybridized carbons (Fsp3) is 0.0233. The van der Waals surface area contributed by atoms with Gasteiger partial charge in [-0.1, -0.05) is 133 Å². The van der Waals surface area contributed by atoms with Crippen LogP contribution >= 0.6 is 0 Å². The molecule has 0 saturated heterocycles. The van der Waals surface area contributed by atoms with Crippen molar-refractivity contribution in [3.05, 3.63) is 198 Å². The van der Waals surface area contributed by atoms with Crippen LogP contribution in [0.25, 0.3) is 33.1 Å². The Morgan fingerprint density at radius 2 is 0.867 bits per heavy atom. The highest BCUT2D eigenvalue weighted by atomic mass is 16.3. The van der Waals surface area contributed by atoms with Crippen LogP contribution in [0.1, 0.15) is 22.3 Å². The third-order valence-corrected chi connectivity index (χ3v) is 9.35. The number of hydrogen-bond donors (Lipinski definition) is 0. The van der Waals surface area contributed by atoms with E-state index in [0.717, 1.165) is 44.6 Å². The Kier molecular flexibility index (Phi) is 5.76. The number of furan rings is 1. The van der Waals surface area contributed by atoms with Crippen molar-refractivity contribution in [2.24, 2.45) is 0 Å². The molecule has 2 heteroatoms. The highest BCUT2D eigenvalue weighted by molar-refractivity contribution is 6.07. The molecule has 0 fully saturated rings. The van der Waals surface area contributed by atoms with Crippen molar-refractivity contribution in [1.82, 2.24) is 0 Å². The van der Waals surface area contributed by atoms with Gasteiger partial charge in [0.05, 0.1) is 5.41 Å². The van der Waals surface area contributed by atoms with E-state index in [9.17, 15) is 0 Å². The van der Waals surface area contributed by atoms with Gasteiger partial charge in [-0.25, -0.2) is 0 Å². The SMILES string of the molecule is c1ccc(N(c2ccccc2)c2ccc(C3(c4cccc5c4oc4ccccc45)c4ccccc4-c4ccccc43)cc2)cc1. The average Bonchev–Trinajstić information content (AvgIpc) is 3.64. The molecule has 8 aromatic rings. The van der Waals surface area contributed by atoms with E-state index in [-0.39, 0.29) is 0 Å². The summed E-state index contributed by atoms with van der Waals surface area (Å²) in [6.45, 7) is 0. The zero-order chi connectivity index (χ0) is 29.8. The van der Waals surface area contributed by atoms with Crippen molar-refractivity contribution in [3.63, 3.8) is 0 Å². The van der Waals surface area contributed by atoms with Crippen LogP contribution in [-0.2, 0) is 5.41 Å². The molecule has 9 rings (SSSR count). The average molecular weight is 576 g/mol. The highest BCUT2D eigenvalue weighted by Crippen LogP contribution is 2.57. The lowest BCUT2D eigenvalue weighted by Crippen LogP contribution is -2.28. The molecular formula is C43H29NO. The molecule has 212 valence electrons. The molecule has 1 aromatic heterocycles. The van der Waals surface area contributed by atoms with Gasteiger partial charge in [0.1, 0.15) is 11.2 Å². The van der Waals surface area contributed by atoms with E-state index in [0.29, 0.717) is 0 Å². The summed E-state index contributed by atoms with van der Waals surface area (Å²) >= 11 is 0. The second kappa shape index (κ2) is 10.1. The zero-order valence-corrected chi connectivity index (χ0v) is 24.6. The number of nitrogens with zero attached hydrogens (tertiary/aromatic N) is 1. The summed E-state index contributed by atoms with van der Waals surface area (Å²) in [5.74, 6) is 0. The van der Waals surface area contributed by atoms with Gasteiger partial charge in [-0.2, -0.15) is 0 Å². The van der Waals surface area contributed by atoms with Crippen molar-refractivity contribution < 1.29 is 4.42 Å². The molecule has 0 bridgehead atoms. The normalized spacial score (nSPS) is 13.1. The quantitative estimate of drug-likeness (QED) is 0.203. The van der Waals surface area contributed by atoms with Crippen LogP contribution < -0.4 is 4.90 Å². The van der Waals surface area contributed by atoms with E-state index in [2.05, 4.69) is 175 Å². The summed E-state index contributed by atoms with van der Waals surface area (Å²) in [5.41, 5.74) is 12.1. The lowest BCUT2D eigenvalue weighted by atomic mass is 9.67. The predicted octanol–water partition coefficient (Wildman–Crippen LogP) is 11.4. The minimum atomic E-state index is -0.566. The molecule has 1 aliphatic rings. The summed E-state index contributed by atoms with van der Waals surface area (Å²) < 4.78 is 6.74. The molecule has 0 amide bonds. The van der Waals surface area contributed by atoms with Crippen molar-refractivity contribution in [3.8, 4) is 11.1 Å². The molecular weight excluding hydrogens is 546 g/mol. The molecule has 0 N–H and O–H groups in total. The van der Waals surface area contributed by atoms with Crippen LogP contribution in [0.2, 0.25) is 0 Å². The van der Waals surface area contributed by atoms with E-state index in [1.807, 2.05) is 6.07 Å². The number of hydrogen-bond acceptors (Lipinski definition) is 2. The summed E-state index contributed by atoms with van der Waals surface area (Å²) in [7, 11) is 0. The number of rotatable bonds is 5. The van der Waals surface area contributed by atoms with Crippen molar-refractivity contribution in [1.29, 1.82) is 0 Å². The maximum absolute atomic E-state index is 6.74. The molecule has 0 aliphatic heterocycles. The van der Waals surface area contributed by atoms with Gasteiger partial charge >= 0.3 is 0 Å². The van der Waals surface area contributed by atoms with Crippen molar-refractivity contribution in [2.75, 3.05) is 4.90 Å². The maximum Gasteiger partial charge on any atom is 0.140 e. The Morgan fingerprint density at radius 1 is 0.378 bits per heavy atom. The van der Waals surface area contributed by atoms with Gasteiger partial charge in [0, 0.05) is 33.4 Å². The van der Waals surface area contributed by atoms with E-state index >= 15 is 0 Å². The topological polar surface area (TPSA) is 16.4 Å². The molecule has 0 unspecified atom stereocenters. The minimum absolute atomic E-state index is 0.566. The predicted molar refractivity (Wildman–Crippen MR) is 186 cm³/mol. The van der Waals surface area contributed by atoms with Gasteiger partial charge in [0.25, 0.3) is 0 Å². The second-order valence-corrected chi connectivity index (χ2v) is 11.7. The fourth-order valence-corrected chi connectivity index (χ4v) is 7.50. The van der Waals surface area contributed by atoms with Crippen molar-refractivity contribution in [2.45, 2.75) is 5.41 Å². The lowest BCUT2D eigenvalue weighted by molar-refractivity contribution is 0.648. The number of anilines is 3. The number of benzene rings is 7. The van der Waals surface area contributed by atoms with Crippen LogP contribution in [-0.4, -0.2) is 0 Å². The maximum atomic E-state index is 6.74. The summed E-state index contributed by atoms with van der Waals surface area (Å²) in [6.07, 6.45) is 0. The smallest absolute Gasteiger partial charge is 0.140 e. The van der Waals surface area contributed by atoms with Gasteiger partial charge < -0.3 is 9.32 Å². The molecule has 7 aromatic carbocycles. The molecule has 0 saturated carbocycles. The summed E-state index contributed by atoms with van der Waals surface area (Å²) in [6, 6.07) is 63.0.